The van der Waals surface area contributed by atoms with Gasteiger partial charge in [-0.1, -0.05) is 24.3 Å². The number of nitrogens with zero attached hydrogens (tertiary/aromatic N) is 2. The van der Waals surface area contributed by atoms with E-state index in [4.69, 9.17) is 0 Å². The average Bonchev–Trinajstić information content (AvgIpc) is 2.68. The van der Waals surface area contributed by atoms with Crippen LogP contribution in [0.25, 0.3) is 0 Å². The zero-order valence-electron chi connectivity index (χ0n) is 9.47. The van der Waals surface area contributed by atoms with E-state index in [0.717, 1.165) is 11.1 Å². The van der Waals surface area contributed by atoms with Crippen LogP contribution in [-0.2, 0) is 13.5 Å². The molecule has 0 radical (unpaired) electrons. The lowest BCUT2D eigenvalue weighted by Crippen LogP contribution is -2.09. The zero-order chi connectivity index (χ0) is 11.5. The quantitative estimate of drug-likeness (QED) is 0.734. The number of carbonyl (C=O) groups is 1. The smallest absolute Gasteiger partial charge is 0.185 e. The number of hydrogen-bond acceptors (Lipinski definition) is 2. The van der Waals surface area contributed by atoms with Gasteiger partial charge < -0.3 is 4.57 Å². The molecule has 0 aliphatic heterocycles. The van der Waals surface area contributed by atoms with E-state index in [9.17, 15) is 4.79 Å². The maximum Gasteiger partial charge on any atom is 0.185 e. The lowest BCUT2D eigenvalue weighted by Gasteiger charge is -2.04. The van der Waals surface area contributed by atoms with Gasteiger partial charge in [-0.15, -0.1) is 0 Å². The molecule has 3 nitrogen and oxygen atoms in total. The first-order valence-electron chi connectivity index (χ1n) is 5.22. The first-order chi connectivity index (χ1) is 7.68. The van der Waals surface area contributed by atoms with Crippen molar-refractivity contribution >= 4 is 5.78 Å². The minimum atomic E-state index is 0.106. The molecule has 0 amide bonds. The Hall–Kier alpha value is -1.90. The number of imidazole rings is 1. The molecule has 0 atom stereocenters. The van der Waals surface area contributed by atoms with Crippen molar-refractivity contribution in [2.45, 2.75) is 13.3 Å². The van der Waals surface area contributed by atoms with E-state index in [-0.39, 0.29) is 5.78 Å². The first-order valence-corrected chi connectivity index (χ1v) is 5.22. The number of aromatic nitrogens is 2. The van der Waals surface area contributed by atoms with E-state index >= 15 is 0 Å². The second kappa shape index (κ2) is 4.31. The molecule has 16 heavy (non-hydrogen) atoms. The topological polar surface area (TPSA) is 34.9 Å². The number of rotatable bonds is 3. The van der Waals surface area contributed by atoms with Crippen molar-refractivity contribution in [1.82, 2.24) is 9.55 Å². The molecule has 3 heteroatoms. The van der Waals surface area contributed by atoms with Crippen molar-refractivity contribution in [2.24, 2.45) is 7.05 Å². The van der Waals surface area contributed by atoms with Gasteiger partial charge in [0.25, 0.3) is 0 Å². The number of aryl methyl sites for hydroxylation is 2. The predicted molar refractivity (Wildman–Crippen MR) is 62.4 cm³/mol. The van der Waals surface area contributed by atoms with Crippen molar-refractivity contribution in [1.29, 1.82) is 0 Å². The van der Waals surface area contributed by atoms with Gasteiger partial charge >= 0.3 is 0 Å². The molecule has 0 aliphatic carbocycles. The summed E-state index contributed by atoms with van der Waals surface area (Å²) in [6.07, 6.45) is 3.69. The van der Waals surface area contributed by atoms with Crippen LogP contribution in [0.15, 0.2) is 36.8 Å². The Balaban J connectivity index is 2.21. The highest BCUT2D eigenvalue weighted by Crippen LogP contribution is 2.11. The maximum absolute atomic E-state index is 12.0. The molecule has 0 spiro atoms. The molecule has 0 saturated carbocycles. The Bertz CT molecular complexity index is 514. The molecule has 1 heterocycles. The fraction of sp³-hybridized carbons (Fsp3) is 0.231. The van der Waals surface area contributed by atoms with E-state index in [1.165, 1.54) is 0 Å². The largest absolute Gasteiger partial charge is 0.331 e. The van der Waals surface area contributed by atoms with Crippen molar-refractivity contribution in [2.75, 3.05) is 0 Å². The molecule has 0 unspecified atom stereocenters. The van der Waals surface area contributed by atoms with Crippen LogP contribution in [-0.4, -0.2) is 15.3 Å². The van der Waals surface area contributed by atoms with Crippen LogP contribution in [0.4, 0.5) is 0 Å². The molecule has 0 N–H and O–H groups in total. The zero-order valence-corrected chi connectivity index (χ0v) is 9.47. The van der Waals surface area contributed by atoms with Crippen molar-refractivity contribution in [3.63, 3.8) is 0 Å². The van der Waals surface area contributed by atoms with Crippen LogP contribution in [0.5, 0.6) is 0 Å². The normalized spacial score (nSPS) is 10.4. The van der Waals surface area contributed by atoms with Crippen LogP contribution < -0.4 is 0 Å². The summed E-state index contributed by atoms with van der Waals surface area (Å²) in [6, 6.07) is 7.95. The van der Waals surface area contributed by atoms with Gasteiger partial charge in [-0.2, -0.15) is 0 Å². The third-order valence-corrected chi connectivity index (χ3v) is 2.71. The molecule has 0 saturated heterocycles. The summed E-state index contributed by atoms with van der Waals surface area (Å²) >= 11 is 0. The van der Waals surface area contributed by atoms with Crippen molar-refractivity contribution in [3.05, 3.63) is 53.6 Å². The molecule has 1 aromatic carbocycles. The van der Waals surface area contributed by atoms with Crippen LogP contribution >= 0.6 is 0 Å². The summed E-state index contributed by atoms with van der Waals surface area (Å²) in [5.74, 6) is 0.106. The molecule has 82 valence electrons. The molecule has 0 bridgehead atoms. The number of Topliss-reactive ketones (excluding diaryl/α,β-unsaturated/α-hetero) is 1. The van der Waals surface area contributed by atoms with Gasteiger partial charge in [-0.25, -0.2) is 4.98 Å². The number of hydrogen-bond donors (Lipinski definition) is 0. The van der Waals surface area contributed by atoms with Crippen LogP contribution in [0.2, 0.25) is 0 Å². The Morgan fingerprint density at radius 1 is 1.38 bits per heavy atom. The summed E-state index contributed by atoms with van der Waals surface area (Å²) in [4.78, 5) is 15.9. The highest BCUT2D eigenvalue weighted by molar-refractivity contribution is 5.95. The number of ketones is 1. The summed E-state index contributed by atoms with van der Waals surface area (Å²) in [6.45, 7) is 2.02. The fourth-order valence-electron chi connectivity index (χ4n) is 1.70. The molecule has 2 aromatic rings. The van der Waals surface area contributed by atoms with Gasteiger partial charge in [0.15, 0.2) is 5.78 Å². The third kappa shape index (κ3) is 2.03. The Morgan fingerprint density at radius 2 is 2.12 bits per heavy atom. The lowest BCUT2D eigenvalue weighted by molar-refractivity contribution is 0.0985. The number of carbonyl (C=O) groups excluding carboxylic acids is 1. The molecule has 2 rings (SSSR count). The van der Waals surface area contributed by atoms with Crippen LogP contribution in [0, 0.1) is 6.92 Å². The van der Waals surface area contributed by atoms with Gasteiger partial charge in [0, 0.05) is 13.5 Å². The second-order valence-electron chi connectivity index (χ2n) is 3.92. The monoisotopic (exact) mass is 214 g/mol. The van der Waals surface area contributed by atoms with Gasteiger partial charge in [0.1, 0.15) is 5.69 Å². The van der Waals surface area contributed by atoms with Gasteiger partial charge in [-0.05, 0) is 18.1 Å². The Labute approximate surface area is 94.7 Å². The maximum atomic E-state index is 12.0. The summed E-state index contributed by atoms with van der Waals surface area (Å²) in [5.41, 5.74) is 2.88. The minimum absolute atomic E-state index is 0.106. The van der Waals surface area contributed by atoms with Crippen molar-refractivity contribution < 1.29 is 4.79 Å². The standard InChI is InChI=1S/C13H14N2O/c1-10-5-3-4-6-11(10)7-13(16)12-8-14-9-15(12)2/h3-6,8-9H,7H2,1-2H3. The minimum Gasteiger partial charge on any atom is -0.331 e. The molecule has 1 aromatic heterocycles. The molecule has 0 aliphatic rings. The summed E-state index contributed by atoms with van der Waals surface area (Å²) in [5, 5.41) is 0. The Morgan fingerprint density at radius 3 is 2.75 bits per heavy atom. The van der Waals surface area contributed by atoms with Gasteiger partial charge in [0.05, 0.1) is 12.5 Å². The van der Waals surface area contributed by atoms with E-state index in [1.54, 1.807) is 17.1 Å². The highest BCUT2D eigenvalue weighted by Gasteiger charge is 2.11. The van der Waals surface area contributed by atoms with E-state index < -0.39 is 0 Å². The lowest BCUT2D eigenvalue weighted by atomic mass is 10.0. The first kappa shape index (κ1) is 10.6. The predicted octanol–water partition coefficient (Wildman–Crippen LogP) is 2.15. The van der Waals surface area contributed by atoms with E-state index in [2.05, 4.69) is 4.98 Å². The SMILES string of the molecule is Cc1ccccc1CC(=O)c1cncn1C. The average molecular weight is 214 g/mol. The highest BCUT2D eigenvalue weighted by atomic mass is 16.1. The van der Waals surface area contributed by atoms with Gasteiger partial charge in [-0.3, -0.25) is 4.79 Å². The molecule has 0 fully saturated rings. The molecular weight excluding hydrogens is 200 g/mol. The van der Waals surface area contributed by atoms with Crippen LogP contribution in [0.3, 0.4) is 0 Å². The fourth-order valence-corrected chi connectivity index (χ4v) is 1.70. The second-order valence-corrected chi connectivity index (χ2v) is 3.92. The van der Waals surface area contributed by atoms with Gasteiger partial charge in [0.2, 0.25) is 0 Å². The Kier molecular flexibility index (Phi) is 2.86. The molecular formula is C13H14N2O. The van der Waals surface area contributed by atoms with Crippen LogP contribution in [0.1, 0.15) is 21.6 Å². The van der Waals surface area contributed by atoms with Crippen molar-refractivity contribution in [3.8, 4) is 0 Å². The van der Waals surface area contributed by atoms with E-state index in [0.29, 0.717) is 12.1 Å². The summed E-state index contributed by atoms with van der Waals surface area (Å²) < 4.78 is 1.75. The summed E-state index contributed by atoms with van der Waals surface area (Å²) in [7, 11) is 1.83. The number of benzene rings is 1. The van der Waals surface area contributed by atoms with E-state index in [1.807, 2.05) is 38.2 Å². The third-order valence-electron chi connectivity index (χ3n) is 2.71.